The van der Waals surface area contributed by atoms with Gasteiger partial charge in [0.1, 0.15) is 18.2 Å². The molecular weight excluding hydrogens is 304 g/mol. The fraction of sp³-hybridized carbons (Fsp3) is 0.400. The van der Waals surface area contributed by atoms with Crippen molar-refractivity contribution >= 4 is 23.1 Å². The van der Waals surface area contributed by atoms with E-state index in [4.69, 9.17) is 9.47 Å². The summed E-state index contributed by atoms with van der Waals surface area (Å²) >= 11 is 3.40. The normalized spacial score (nSPS) is 15.0. The van der Waals surface area contributed by atoms with Crippen LogP contribution in [0.4, 0.5) is 0 Å². The van der Waals surface area contributed by atoms with Crippen LogP contribution in [0.2, 0.25) is 0 Å². The van der Waals surface area contributed by atoms with Gasteiger partial charge in [-0.25, -0.2) is 4.98 Å². The molecule has 1 aliphatic rings. The summed E-state index contributed by atoms with van der Waals surface area (Å²) in [6, 6.07) is 4.40. The summed E-state index contributed by atoms with van der Waals surface area (Å²) in [5.41, 5.74) is 1.23. The molecule has 2 heterocycles. The van der Waals surface area contributed by atoms with E-state index in [2.05, 4.69) is 35.6 Å². The molecule has 112 valence electrons. The number of nitrogens with one attached hydrogen (secondary N) is 1. The number of rotatable bonds is 5. The van der Waals surface area contributed by atoms with Crippen LogP contribution < -0.4 is 14.8 Å². The molecule has 4 nitrogen and oxygen atoms in total. The van der Waals surface area contributed by atoms with Crippen LogP contribution in [0.25, 0.3) is 0 Å². The lowest BCUT2D eigenvalue weighted by Crippen LogP contribution is -2.19. The molecule has 0 saturated carbocycles. The maximum atomic E-state index is 5.67. The van der Waals surface area contributed by atoms with Crippen molar-refractivity contribution in [2.45, 2.75) is 24.4 Å². The first-order valence-corrected chi connectivity index (χ1v) is 8.97. The van der Waals surface area contributed by atoms with Gasteiger partial charge in [-0.05, 0) is 30.9 Å². The van der Waals surface area contributed by atoms with Crippen molar-refractivity contribution in [2.75, 3.05) is 19.5 Å². The zero-order valence-corrected chi connectivity index (χ0v) is 13.7. The van der Waals surface area contributed by atoms with E-state index in [9.17, 15) is 0 Å². The Morgan fingerprint density at radius 3 is 2.76 bits per heavy atom. The molecule has 0 saturated heterocycles. The second kappa shape index (κ2) is 6.68. The van der Waals surface area contributed by atoms with E-state index < -0.39 is 0 Å². The lowest BCUT2D eigenvalue weighted by molar-refractivity contribution is 0.171. The summed E-state index contributed by atoms with van der Waals surface area (Å²) in [5, 5.41) is 6.64. The van der Waals surface area contributed by atoms with Crippen LogP contribution >= 0.6 is 23.1 Å². The van der Waals surface area contributed by atoms with Crippen molar-refractivity contribution in [2.24, 2.45) is 0 Å². The SMILES string of the molecule is CSc1cc2c(cc1CNC(C)c1nccs1)OCCO2. The molecule has 0 aliphatic carbocycles. The predicted octanol–water partition coefficient (Wildman–Crippen LogP) is 3.49. The molecule has 1 aromatic carbocycles. The zero-order chi connectivity index (χ0) is 14.7. The van der Waals surface area contributed by atoms with Crippen molar-refractivity contribution in [3.05, 3.63) is 34.3 Å². The number of hydrogen-bond acceptors (Lipinski definition) is 6. The summed E-state index contributed by atoms with van der Waals surface area (Å²) in [6.45, 7) is 4.16. The van der Waals surface area contributed by atoms with Crippen molar-refractivity contribution in [3.63, 3.8) is 0 Å². The average Bonchev–Trinajstić information content (AvgIpc) is 3.06. The van der Waals surface area contributed by atoms with Gasteiger partial charge in [0.05, 0.1) is 6.04 Å². The van der Waals surface area contributed by atoms with Gasteiger partial charge in [0.2, 0.25) is 0 Å². The molecule has 0 radical (unpaired) electrons. The molecule has 21 heavy (non-hydrogen) atoms. The maximum absolute atomic E-state index is 5.67. The minimum atomic E-state index is 0.243. The molecule has 0 fully saturated rings. The van der Waals surface area contributed by atoms with E-state index in [1.54, 1.807) is 23.1 Å². The van der Waals surface area contributed by atoms with Gasteiger partial charge in [0.15, 0.2) is 11.5 Å². The van der Waals surface area contributed by atoms with Crippen LogP contribution in [0.15, 0.2) is 28.6 Å². The quantitative estimate of drug-likeness (QED) is 0.854. The van der Waals surface area contributed by atoms with Crippen LogP contribution in [-0.2, 0) is 6.54 Å². The molecule has 6 heteroatoms. The first kappa shape index (κ1) is 14.7. The smallest absolute Gasteiger partial charge is 0.162 e. The number of thiazole rings is 1. The van der Waals surface area contributed by atoms with Gasteiger partial charge in [0.25, 0.3) is 0 Å². The fourth-order valence-corrected chi connectivity index (χ4v) is 3.53. The zero-order valence-electron chi connectivity index (χ0n) is 12.1. The minimum Gasteiger partial charge on any atom is -0.486 e. The van der Waals surface area contributed by atoms with E-state index in [1.165, 1.54) is 10.5 Å². The number of fused-ring (bicyclic) bond motifs is 1. The molecule has 2 aromatic rings. The molecule has 1 atom stereocenters. The predicted molar refractivity (Wildman–Crippen MR) is 86.6 cm³/mol. The summed E-state index contributed by atoms with van der Waals surface area (Å²) in [6.07, 6.45) is 3.93. The molecular formula is C15H18N2O2S2. The van der Waals surface area contributed by atoms with Gasteiger partial charge < -0.3 is 14.8 Å². The Labute approximate surface area is 132 Å². The van der Waals surface area contributed by atoms with E-state index in [0.717, 1.165) is 23.1 Å². The molecule has 3 rings (SSSR count). The molecule has 0 bridgehead atoms. The van der Waals surface area contributed by atoms with E-state index in [-0.39, 0.29) is 6.04 Å². The first-order chi connectivity index (χ1) is 10.3. The maximum Gasteiger partial charge on any atom is 0.162 e. The van der Waals surface area contributed by atoms with Gasteiger partial charge in [-0.2, -0.15) is 0 Å². The van der Waals surface area contributed by atoms with Crippen LogP contribution in [0.5, 0.6) is 11.5 Å². The Kier molecular flexibility index (Phi) is 4.67. The van der Waals surface area contributed by atoms with Crippen LogP contribution in [0, 0.1) is 0 Å². The number of aromatic nitrogens is 1. The van der Waals surface area contributed by atoms with E-state index >= 15 is 0 Å². The number of benzene rings is 1. The first-order valence-electron chi connectivity index (χ1n) is 6.87. The average molecular weight is 322 g/mol. The van der Waals surface area contributed by atoms with Crippen molar-refractivity contribution in [1.82, 2.24) is 10.3 Å². The van der Waals surface area contributed by atoms with Gasteiger partial charge in [0, 0.05) is 23.0 Å². The van der Waals surface area contributed by atoms with Crippen molar-refractivity contribution < 1.29 is 9.47 Å². The highest BCUT2D eigenvalue weighted by Gasteiger charge is 2.16. The van der Waals surface area contributed by atoms with Crippen molar-refractivity contribution in [3.8, 4) is 11.5 Å². The molecule has 1 aliphatic heterocycles. The molecule has 0 amide bonds. The number of ether oxygens (including phenoxy) is 2. The molecule has 0 spiro atoms. The molecule has 1 aromatic heterocycles. The van der Waals surface area contributed by atoms with Gasteiger partial charge >= 0.3 is 0 Å². The summed E-state index contributed by atoms with van der Waals surface area (Å²) in [4.78, 5) is 5.57. The summed E-state index contributed by atoms with van der Waals surface area (Å²) < 4.78 is 11.3. The highest BCUT2D eigenvalue weighted by Crippen LogP contribution is 2.36. The summed E-state index contributed by atoms with van der Waals surface area (Å²) in [5.74, 6) is 1.69. The van der Waals surface area contributed by atoms with Crippen LogP contribution in [0.1, 0.15) is 23.5 Å². The largest absolute Gasteiger partial charge is 0.486 e. The third kappa shape index (κ3) is 3.33. The van der Waals surface area contributed by atoms with Gasteiger partial charge in [-0.1, -0.05) is 0 Å². The standard InChI is InChI=1S/C15H18N2O2S2/c1-10(15-16-3-6-21-15)17-9-11-7-12-13(8-14(11)20-2)19-5-4-18-12/h3,6-8,10,17H,4-5,9H2,1-2H3. The fourth-order valence-electron chi connectivity index (χ4n) is 2.24. The number of thioether (sulfide) groups is 1. The van der Waals surface area contributed by atoms with Gasteiger partial charge in [-0.15, -0.1) is 23.1 Å². The molecule has 1 unspecified atom stereocenters. The Balaban J connectivity index is 1.75. The third-order valence-electron chi connectivity index (χ3n) is 3.37. The Bertz CT molecular complexity index is 602. The van der Waals surface area contributed by atoms with Crippen LogP contribution in [0.3, 0.4) is 0 Å². The second-order valence-corrected chi connectivity index (χ2v) is 6.55. The molecule has 1 N–H and O–H groups in total. The van der Waals surface area contributed by atoms with E-state index in [1.807, 2.05) is 11.6 Å². The second-order valence-electron chi connectivity index (χ2n) is 4.78. The lowest BCUT2D eigenvalue weighted by Gasteiger charge is -2.21. The highest BCUT2D eigenvalue weighted by molar-refractivity contribution is 7.98. The minimum absolute atomic E-state index is 0.243. The van der Waals surface area contributed by atoms with Gasteiger partial charge in [-0.3, -0.25) is 0 Å². The Morgan fingerprint density at radius 1 is 1.33 bits per heavy atom. The number of nitrogens with zero attached hydrogens (tertiary/aromatic N) is 1. The Hall–Kier alpha value is -1.24. The summed E-state index contributed by atoms with van der Waals surface area (Å²) in [7, 11) is 0. The van der Waals surface area contributed by atoms with Crippen LogP contribution in [-0.4, -0.2) is 24.5 Å². The monoisotopic (exact) mass is 322 g/mol. The topological polar surface area (TPSA) is 43.4 Å². The lowest BCUT2D eigenvalue weighted by atomic mass is 10.1. The third-order valence-corrected chi connectivity index (χ3v) is 5.14. The van der Waals surface area contributed by atoms with Crippen molar-refractivity contribution in [1.29, 1.82) is 0 Å². The highest BCUT2D eigenvalue weighted by atomic mass is 32.2. The Morgan fingerprint density at radius 2 is 2.10 bits per heavy atom. The van der Waals surface area contributed by atoms with E-state index in [0.29, 0.717) is 13.2 Å². The number of hydrogen-bond donors (Lipinski definition) is 1.